The van der Waals surface area contributed by atoms with E-state index in [4.69, 9.17) is 0 Å². The Balaban J connectivity index is 2.21. The molecule has 2 aromatic rings. The van der Waals surface area contributed by atoms with Gasteiger partial charge in [0.25, 0.3) is 5.91 Å². The molecule has 0 aliphatic rings. The van der Waals surface area contributed by atoms with Gasteiger partial charge in [0.15, 0.2) is 0 Å². The van der Waals surface area contributed by atoms with Gasteiger partial charge in [-0.1, -0.05) is 17.7 Å². The van der Waals surface area contributed by atoms with Crippen LogP contribution in [-0.4, -0.2) is 15.7 Å². The van der Waals surface area contributed by atoms with Crippen molar-refractivity contribution in [2.75, 3.05) is 5.32 Å². The third-order valence-electron chi connectivity index (χ3n) is 2.88. The van der Waals surface area contributed by atoms with Crippen molar-refractivity contribution in [2.24, 2.45) is 0 Å². The van der Waals surface area contributed by atoms with Crippen LogP contribution >= 0.6 is 0 Å². The summed E-state index contributed by atoms with van der Waals surface area (Å²) in [5, 5.41) is 7.00. The van der Waals surface area contributed by atoms with Gasteiger partial charge < -0.3 is 5.32 Å². The van der Waals surface area contributed by atoms with Crippen molar-refractivity contribution < 1.29 is 4.79 Å². The summed E-state index contributed by atoms with van der Waals surface area (Å²) in [6.07, 6.45) is 1.64. The summed E-state index contributed by atoms with van der Waals surface area (Å²) < 4.78 is 1.68. The number of nitrogens with one attached hydrogen (secondary N) is 1. The van der Waals surface area contributed by atoms with E-state index in [2.05, 4.69) is 10.4 Å². The number of carbonyl (C=O) groups is 1. The summed E-state index contributed by atoms with van der Waals surface area (Å²) in [5.41, 5.74) is 3.67. The van der Waals surface area contributed by atoms with E-state index in [9.17, 15) is 4.79 Å². The Hall–Kier alpha value is -2.10. The first-order chi connectivity index (χ1) is 8.61. The normalized spacial score (nSPS) is 10.4. The molecule has 0 fully saturated rings. The molecule has 0 atom stereocenters. The first kappa shape index (κ1) is 12.4. The number of rotatable bonds is 3. The van der Waals surface area contributed by atoms with Gasteiger partial charge in [0.2, 0.25) is 0 Å². The number of benzene rings is 1. The Morgan fingerprint density at radius 2 is 2.11 bits per heavy atom. The van der Waals surface area contributed by atoms with Crippen LogP contribution in [-0.2, 0) is 6.54 Å². The third kappa shape index (κ3) is 2.42. The lowest BCUT2D eigenvalue weighted by Crippen LogP contribution is -2.17. The van der Waals surface area contributed by atoms with E-state index >= 15 is 0 Å². The maximum Gasteiger partial charge on any atom is 0.273 e. The highest BCUT2D eigenvalue weighted by Gasteiger charge is 2.12. The molecule has 0 aliphatic carbocycles. The van der Waals surface area contributed by atoms with Crippen molar-refractivity contribution in [3.8, 4) is 0 Å². The highest BCUT2D eigenvalue weighted by atomic mass is 16.2. The van der Waals surface area contributed by atoms with Crippen LogP contribution in [0.1, 0.15) is 28.5 Å². The molecule has 0 spiro atoms. The average molecular weight is 243 g/mol. The summed E-state index contributed by atoms with van der Waals surface area (Å²) >= 11 is 0. The molecule has 4 nitrogen and oxygen atoms in total. The predicted octanol–water partition coefficient (Wildman–Crippen LogP) is 2.77. The Labute approximate surface area is 107 Å². The third-order valence-corrected chi connectivity index (χ3v) is 2.88. The summed E-state index contributed by atoms with van der Waals surface area (Å²) in [6.45, 7) is 6.66. The second kappa shape index (κ2) is 5.04. The van der Waals surface area contributed by atoms with Crippen molar-refractivity contribution in [2.45, 2.75) is 27.3 Å². The first-order valence-corrected chi connectivity index (χ1v) is 6.02. The molecule has 18 heavy (non-hydrogen) atoms. The molecule has 1 amide bonds. The van der Waals surface area contributed by atoms with Gasteiger partial charge in [-0.15, -0.1) is 0 Å². The second-order valence-corrected chi connectivity index (χ2v) is 4.30. The Morgan fingerprint density at radius 1 is 1.33 bits per heavy atom. The zero-order valence-electron chi connectivity index (χ0n) is 10.9. The molecule has 0 aliphatic heterocycles. The van der Waals surface area contributed by atoms with Gasteiger partial charge in [-0.3, -0.25) is 9.48 Å². The summed E-state index contributed by atoms with van der Waals surface area (Å²) in [5.74, 6) is -0.124. The number of carbonyl (C=O) groups excluding carboxylic acids is 1. The Kier molecular flexibility index (Phi) is 3.46. The molecule has 2 rings (SSSR count). The molecule has 1 heterocycles. The van der Waals surface area contributed by atoms with Gasteiger partial charge in [0.05, 0.1) is 0 Å². The van der Waals surface area contributed by atoms with Gasteiger partial charge in [0.1, 0.15) is 5.69 Å². The monoisotopic (exact) mass is 243 g/mol. The largest absolute Gasteiger partial charge is 0.320 e. The van der Waals surface area contributed by atoms with Gasteiger partial charge in [0, 0.05) is 18.4 Å². The zero-order chi connectivity index (χ0) is 13.1. The quantitative estimate of drug-likeness (QED) is 0.901. The number of amides is 1. The van der Waals surface area contributed by atoms with Crippen molar-refractivity contribution in [3.63, 3.8) is 0 Å². The van der Waals surface area contributed by atoms with E-state index in [1.165, 1.54) is 5.56 Å². The summed E-state index contributed by atoms with van der Waals surface area (Å²) in [4.78, 5) is 12.1. The van der Waals surface area contributed by atoms with Crippen LogP contribution in [0.3, 0.4) is 0 Å². The minimum Gasteiger partial charge on any atom is -0.320 e. The fourth-order valence-corrected chi connectivity index (χ4v) is 1.92. The van der Waals surface area contributed by atoms with Crippen molar-refractivity contribution >= 4 is 11.6 Å². The lowest BCUT2D eigenvalue weighted by atomic mass is 10.1. The second-order valence-electron chi connectivity index (χ2n) is 4.30. The molecule has 1 N–H and O–H groups in total. The van der Waals surface area contributed by atoms with Crippen LogP contribution in [0.15, 0.2) is 30.5 Å². The van der Waals surface area contributed by atoms with Crippen molar-refractivity contribution in [3.05, 3.63) is 47.3 Å². The van der Waals surface area contributed by atoms with E-state index < -0.39 is 0 Å². The number of hydrogen-bond acceptors (Lipinski definition) is 2. The minimum absolute atomic E-state index is 0.124. The fourth-order valence-electron chi connectivity index (χ4n) is 1.92. The van der Waals surface area contributed by atoms with E-state index in [1.807, 2.05) is 39.0 Å². The summed E-state index contributed by atoms with van der Waals surface area (Å²) in [6, 6.07) is 7.68. The molecule has 0 saturated heterocycles. The highest BCUT2D eigenvalue weighted by Crippen LogP contribution is 2.17. The topological polar surface area (TPSA) is 46.9 Å². The van der Waals surface area contributed by atoms with Crippen LogP contribution in [0.2, 0.25) is 0 Å². The van der Waals surface area contributed by atoms with E-state index in [0.717, 1.165) is 11.3 Å². The number of nitrogens with zero attached hydrogens (tertiary/aromatic N) is 2. The molecule has 1 aromatic heterocycles. The lowest BCUT2D eigenvalue weighted by Gasteiger charge is -2.09. The summed E-state index contributed by atoms with van der Waals surface area (Å²) in [7, 11) is 0. The number of aryl methyl sites for hydroxylation is 3. The molecule has 94 valence electrons. The SMILES string of the molecule is CCn1nccc1C(=O)Nc1ccc(C)cc1C. The molecule has 0 bridgehead atoms. The molecule has 4 heteroatoms. The smallest absolute Gasteiger partial charge is 0.273 e. The highest BCUT2D eigenvalue weighted by molar-refractivity contribution is 6.03. The Bertz CT molecular complexity index is 572. The van der Waals surface area contributed by atoms with Crippen LogP contribution in [0.25, 0.3) is 0 Å². The van der Waals surface area contributed by atoms with Gasteiger partial charge in [-0.05, 0) is 38.5 Å². The maximum absolute atomic E-state index is 12.1. The fraction of sp³-hybridized carbons (Fsp3) is 0.286. The molecule has 1 aromatic carbocycles. The zero-order valence-corrected chi connectivity index (χ0v) is 10.9. The van der Waals surface area contributed by atoms with E-state index in [-0.39, 0.29) is 5.91 Å². The molecular formula is C14H17N3O. The van der Waals surface area contributed by atoms with Gasteiger partial charge >= 0.3 is 0 Å². The standard InChI is InChI=1S/C14H17N3O/c1-4-17-13(7-8-15-17)14(18)16-12-6-5-10(2)9-11(12)3/h5-9H,4H2,1-3H3,(H,16,18). The average Bonchev–Trinajstić information content (AvgIpc) is 2.81. The molecule has 0 unspecified atom stereocenters. The lowest BCUT2D eigenvalue weighted by molar-refractivity contribution is 0.101. The molecule has 0 saturated carbocycles. The minimum atomic E-state index is -0.124. The first-order valence-electron chi connectivity index (χ1n) is 6.02. The predicted molar refractivity (Wildman–Crippen MR) is 71.8 cm³/mol. The Morgan fingerprint density at radius 3 is 2.78 bits per heavy atom. The number of aromatic nitrogens is 2. The van der Waals surface area contributed by atoms with Gasteiger partial charge in [-0.25, -0.2) is 0 Å². The number of anilines is 1. The van der Waals surface area contributed by atoms with Crippen LogP contribution in [0.5, 0.6) is 0 Å². The van der Waals surface area contributed by atoms with Crippen molar-refractivity contribution in [1.29, 1.82) is 0 Å². The van der Waals surface area contributed by atoms with Gasteiger partial charge in [-0.2, -0.15) is 5.10 Å². The van der Waals surface area contributed by atoms with E-state index in [1.54, 1.807) is 16.9 Å². The van der Waals surface area contributed by atoms with Crippen LogP contribution in [0, 0.1) is 13.8 Å². The molecule has 0 radical (unpaired) electrons. The van der Waals surface area contributed by atoms with Crippen LogP contribution < -0.4 is 5.32 Å². The van der Waals surface area contributed by atoms with Crippen molar-refractivity contribution in [1.82, 2.24) is 9.78 Å². The van der Waals surface area contributed by atoms with E-state index in [0.29, 0.717) is 12.2 Å². The number of hydrogen-bond donors (Lipinski definition) is 1. The maximum atomic E-state index is 12.1. The molecular weight excluding hydrogens is 226 g/mol. The van der Waals surface area contributed by atoms with Crippen LogP contribution in [0.4, 0.5) is 5.69 Å².